The van der Waals surface area contributed by atoms with Crippen LogP contribution < -0.4 is 0 Å². The average molecular weight is 293 g/mol. The lowest BCUT2D eigenvalue weighted by Gasteiger charge is -2.24. The lowest BCUT2D eigenvalue weighted by molar-refractivity contribution is 0.0714. The summed E-state index contributed by atoms with van der Waals surface area (Å²) in [6.45, 7) is 0.0740. The number of benzene rings is 1. The maximum Gasteiger partial charge on any atom is 0.257 e. The highest BCUT2D eigenvalue weighted by Gasteiger charge is 2.37. The molecule has 2 heterocycles. The molecule has 5 nitrogen and oxygen atoms in total. The smallest absolute Gasteiger partial charge is 0.257 e. The number of aliphatic hydroxyl groups is 1. The predicted octanol–water partition coefficient (Wildman–Crippen LogP) is 1.64. The van der Waals surface area contributed by atoms with Crippen molar-refractivity contribution in [3.05, 3.63) is 53.4 Å². The Morgan fingerprint density at radius 2 is 2.24 bits per heavy atom. The van der Waals surface area contributed by atoms with Crippen LogP contribution in [0, 0.1) is 11.6 Å². The molecule has 2 atom stereocenters. The number of nitrogens with zero attached hydrogens (tertiary/aromatic N) is 2. The Hall–Kier alpha value is -2.28. The number of aliphatic hydroxyl groups excluding tert-OH is 1. The second-order valence-corrected chi connectivity index (χ2v) is 5.02. The van der Waals surface area contributed by atoms with Crippen molar-refractivity contribution < 1.29 is 18.7 Å². The van der Waals surface area contributed by atoms with E-state index in [1.807, 2.05) is 0 Å². The number of halogens is 2. The molecule has 1 amide bonds. The molecule has 1 aliphatic heterocycles. The number of amides is 1. The van der Waals surface area contributed by atoms with E-state index in [2.05, 4.69) is 10.2 Å². The molecule has 0 aliphatic carbocycles. The van der Waals surface area contributed by atoms with Gasteiger partial charge in [0.25, 0.3) is 5.91 Å². The Labute approximate surface area is 119 Å². The van der Waals surface area contributed by atoms with E-state index in [4.69, 9.17) is 0 Å². The van der Waals surface area contributed by atoms with Crippen LogP contribution in [0.1, 0.15) is 28.4 Å². The molecule has 2 aromatic rings. The molecule has 7 heteroatoms. The van der Waals surface area contributed by atoms with Crippen LogP contribution in [0.4, 0.5) is 8.78 Å². The molecule has 2 N–H and O–H groups in total. The number of nitrogens with one attached hydrogen (secondary N) is 1. The molecule has 0 bridgehead atoms. The number of carbonyl (C=O) groups excluding carboxylic acids is 1. The van der Waals surface area contributed by atoms with E-state index in [1.165, 1.54) is 17.3 Å². The standard InChI is InChI=1S/C14H13F2N3O2/c15-9-1-2-12(16)11(3-9)13-4-10(20)7-19(13)14(21)8-5-17-18-6-8/h1-3,5-6,10,13,20H,4,7H2,(H,17,18)/t10-,13+/m1/s1. The van der Waals surface area contributed by atoms with Crippen molar-refractivity contribution in [3.8, 4) is 0 Å². The van der Waals surface area contributed by atoms with Crippen molar-refractivity contribution in [2.75, 3.05) is 6.54 Å². The first kappa shape index (κ1) is 13.7. The van der Waals surface area contributed by atoms with Crippen molar-refractivity contribution in [1.82, 2.24) is 15.1 Å². The van der Waals surface area contributed by atoms with Gasteiger partial charge < -0.3 is 10.0 Å². The zero-order valence-electron chi connectivity index (χ0n) is 11.0. The van der Waals surface area contributed by atoms with E-state index in [0.717, 1.165) is 18.2 Å². The maximum absolute atomic E-state index is 13.9. The van der Waals surface area contributed by atoms with E-state index < -0.39 is 23.8 Å². The van der Waals surface area contributed by atoms with Gasteiger partial charge in [-0.1, -0.05) is 0 Å². The van der Waals surface area contributed by atoms with Gasteiger partial charge in [0.2, 0.25) is 0 Å². The molecule has 0 spiro atoms. The van der Waals surface area contributed by atoms with Gasteiger partial charge in [0.05, 0.1) is 23.9 Å². The monoisotopic (exact) mass is 293 g/mol. The molecule has 3 rings (SSSR count). The quantitative estimate of drug-likeness (QED) is 0.884. The zero-order chi connectivity index (χ0) is 15.0. The fourth-order valence-electron chi connectivity index (χ4n) is 2.64. The van der Waals surface area contributed by atoms with Crippen LogP contribution in [-0.4, -0.2) is 38.8 Å². The van der Waals surface area contributed by atoms with Crippen molar-refractivity contribution in [2.24, 2.45) is 0 Å². The fourth-order valence-corrected chi connectivity index (χ4v) is 2.64. The van der Waals surface area contributed by atoms with Crippen molar-refractivity contribution in [3.63, 3.8) is 0 Å². The Morgan fingerprint density at radius 3 is 2.95 bits per heavy atom. The Morgan fingerprint density at radius 1 is 1.43 bits per heavy atom. The molecule has 0 radical (unpaired) electrons. The highest BCUT2D eigenvalue weighted by molar-refractivity contribution is 5.94. The molecule has 1 aromatic heterocycles. The number of hydrogen-bond donors (Lipinski definition) is 2. The van der Waals surface area contributed by atoms with E-state index in [1.54, 1.807) is 0 Å². The fraction of sp³-hybridized carbons (Fsp3) is 0.286. The third-order valence-corrected chi connectivity index (χ3v) is 3.60. The normalized spacial score (nSPS) is 21.8. The third kappa shape index (κ3) is 2.52. The lowest BCUT2D eigenvalue weighted by atomic mass is 10.0. The molecule has 1 aliphatic rings. The van der Waals surface area contributed by atoms with Crippen LogP contribution in [0.3, 0.4) is 0 Å². The minimum atomic E-state index is -0.770. The first-order valence-electron chi connectivity index (χ1n) is 6.49. The number of H-pyrrole nitrogens is 1. The van der Waals surface area contributed by atoms with E-state index in [9.17, 15) is 18.7 Å². The van der Waals surface area contributed by atoms with Gasteiger partial charge >= 0.3 is 0 Å². The summed E-state index contributed by atoms with van der Waals surface area (Å²) in [7, 11) is 0. The summed E-state index contributed by atoms with van der Waals surface area (Å²) in [5.74, 6) is -1.56. The number of aromatic amines is 1. The lowest BCUT2D eigenvalue weighted by Crippen LogP contribution is -2.32. The zero-order valence-corrected chi connectivity index (χ0v) is 11.0. The Balaban J connectivity index is 1.96. The van der Waals surface area contributed by atoms with Gasteiger partial charge in [0, 0.05) is 18.3 Å². The van der Waals surface area contributed by atoms with Gasteiger partial charge in [-0.2, -0.15) is 5.10 Å². The SMILES string of the molecule is O=C(c1cn[nH]c1)N1C[C@H](O)C[C@H]1c1cc(F)ccc1F. The van der Waals surface area contributed by atoms with Crippen molar-refractivity contribution in [1.29, 1.82) is 0 Å². The number of likely N-dealkylation sites (tertiary alicyclic amines) is 1. The topological polar surface area (TPSA) is 69.2 Å². The number of carbonyl (C=O) groups is 1. The summed E-state index contributed by atoms with van der Waals surface area (Å²) < 4.78 is 27.3. The van der Waals surface area contributed by atoms with E-state index in [0.29, 0.717) is 5.56 Å². The number of β-amino-alcohol motifs (C(OH)–C–C–N with tert-alkyl or cyclic N) is 1. The Bertz CT molecular complexity index is 660. The highest BCUT2D eigenvalue weighted by Crippen LogP contribution is 2.34. The van der Waals surface area contributed by atoms with Crippen molar-refractivity contribution in [2.45, 2.75) is 18.6 Å². The minimum Gasteiger partial charge on any atom is -0.391 e. The molecule has 1 fully saturated rings. The molecular formula is C14H13F2N3O2. The molecule has 110 valence electrons. The molecule has 0 unspecified atom stereocenters. The van der Waals surface area contributed by atoms with Crippen LogP contribution in [-0.2, 0) is 0 Å². The second-order valence-electron chi connectivity index (χ2n) is 5.02. The van der Waals surface area contributed by atoms with Crippen molar-refractivity contribution >= 4 is 5.91 Å². The van der Waals surface area contributed by atoms with Gasteiger partial charge in [-0.25, -0.2) is 8.78 Å². The largest absolute Gasteiger partial charge is 0.391 e. The van der Waals surface area contributed by atoms with E-state index in [-0.39, 0.29) is 24.4 Å². The van der Waals surface area contributed by atoms with E-state index >= 15 is 0 Å². The summed E-state index contributed by atoms with van der Waals surface area (Å²) >= 11 is 0. The molecule has 21 heavy (non-hydrogen) atoms. The first-order valence-corrected chi connectivity index (χ1v) is 6.49. The summed E-state index contributed by atoms with van der Waals surface area (Å²) in [6, 6.07) is 2.41. The second kappa shape index (κ2) is 5.25. The molecule has 1 aromatic carbocycles. The summed E-state index contributed by atoms with van der Waals surface area (Å²) in [4.78, 5) is 13.7. The van der Waals surface area contributed by atoms with Crippen LogP contribution in [0.5, 0.6) is 0 Å². The van der Waals surface area contributed by atoms with Crippen LogP contribution in [0.2, 0.25) is 0 Å². The summed E-state index contributed by atoms with van der Waals surface area (Å²) in [6.07, 6.45) is 2.18. The molecule has 1 saturated heterocycles. The van der Waals surface area contributed by atoms with Crippen LogP contribution >= 0.6 is 0 Å². The molecular weight excluding hydrogens is 280 g/mol. The summed E-state index contributed by atoms with van der Waals surface area (Å²) in [5.41, 5.74) is 0.384. The summed E-state index contributed by atoms with van der Waals surface area (Å²) in [5, 5.41) is 16.0. The maximum atomic E-state index is 13.9. The highest BCUT2D eigenvalue weighted by atomic mass is 19.1. The van der Waals surface area contributed by atoms with Gasteiger partial charge in [-0.05, 0) is 24.6 Å². The third-order valence-electron chi connectivity index (χ3n) is 3.60. The number of rotatable bonds is 2. The minimum absolute atomic E-state index is 0.0726. The van der Waals surface area contributed by atoms with Gasteiger partial charge in [-0.3, -0.25) is 9.89 Å². The van der Waals surface area contributed by atoms with Gasteiger partial charge in [0.1, 0.15) is 11.6 Å². The number of hydrogen-bond acceptors (Lipinski definition) is 3. The molecule has 0 saturated carbocycles. The van der Waals surface area contributed by atoms with Crippen LogP contribution in [0.25, 0.3) is 0 Å². The van der Waals surface area contributed by atoms with Gasteiger partial charge in [-0.15, -0.1) is 0 Å². The number of aromatic nitrogens is 2. The van der Waals surface area contributed by atoms with Crippen LogP contribution in [0.15, 0.2) is 30.6 Å². The first-order chi connectivity index (χ1) is 10.1. The predicted molar refractivity (Wildman–Crippen MR) is 69.3 cm³/mol. The van der Waals surface area contributed by atoms with Gasteiger partial charge in [0.15, 0.2) is 0 Å². The Kier molecular flexibility index (Phi) is 3.42. The average Bonchev–Trinajstić information content (AvgIpc) is 3.10.